The quantitative estimate of drug-likeness (QED) is 0.388. The van der Waals surface area contributed by atoms with Gasteiger partial charge in [0.25, 0.3) is 0 Å². The summed E-state index contributed by atoms with van der Waals surface area (Å²) in [6, 6.07) is 5.56. The van der Waals surface area contributed by atoms with E-state index in [1.807, 2.05) is 32.0 Å². The molecule has 0 aliphatic rings. The number of halogens is 1. The predicted octanol–water partition coefficient (Wildman–Crippen LogP) is 2.37. The summed E-state index contributed by atoms with van der Waals surface area (Å²) < 4.78 is 6.14. The largest absolute Gasteiger partial charge is 0.496 e. The van der Waals surface area contributed by atoms with Crippen LogP contribution in [0.1, 0.15) is 19.4 Å². The van der Waals surface area contributed by atoms with Gasteiger partial charge >= 0.3 is 0 Å². The van der Waals surface area contributed by atoms with E-state index in [9.17, 15) is 0 Å². The standard InChI is InChI=1S/C11H16BrN3O/c1-7(2)15(14)11(13)9-5-4-8(12)6-10(9)16-3/h4-7,13H,14H2,1-3H3. The van der Waals surface area contributed by atoms with Gasteiger partial charge in [0.15, 0.2) is 0 Å². The third kappa shape index (κ3) is 2.74. The summed E-state index contributed by atoms with van der Waals surface area (Å²) in [6.45, 7) is 3.86. The highest BCUT2D eigenvalue weighted by Gasteiger charge is 2.15. The van der Waals surface area contributed by atoms with Crippen molar-refractivity contribution in [2.24, 2.45) is 5.84 Å². The van der Waals surface area contributed by atoms with Gasteiger partial charge in [-0.2, -0.15) is 0 Å². The molecule has 0 spiro atoms. The smallest absolute Gasteiger partial charge is 0.146 e. The van der Waals surface area contributed by atoms with Gasteiger partial charge in [-0.1, -0.05) is 15.9 Å². The van der Waals surface area contributed by atoms with Crippen molar-refractivity contribution in [3.05, 3.63) is 28.2 Å². The van der Waals surface area contributed by atoms with Crippen molar-refractivity contribution in [1.82, 2.24) is 5.01 Å². The number of hydrazine groups is 1. The zero-order valence-corrected chi connectivity index (χ0v) is 11.2. The molecule has 0 aliphatic carbocycles. The summed E-state index contributed by atoms with van der Waals surface area (Å²) in [7, 11) is 1.58. The van der Waals surface area contributed by atoms with Crippen LogP contribution in [-0.4, -0.2) is 24.0 Å². The molecular weight excluding hydrogens is 270 g/mol. The van der Waals surface area contributed by atoms with E-state index in [-0.39, 0.29) is 11.9 Å². The van der Waals surface area contributed by atoms with Gasteiger partial charge in [-0.05, 0) is 32.0 Å². The van der Waals surface area contributed by atoms with Crippen molar-refractivity contribution in [2.75, 3.05) is 7.11 Å². The van der Waals surface area contributed by atoms with E-state index in [1.54, 1.807) is 7.11 Å². The van der Waals surface area contributed by atoms with Crippen LogP contribution in [0.3, 0.4) is 0 Å². The topological polar surface area (TPSA) is 62.3 Å². The molecule has 0 unspecified atom stereocenters. The zero-order valence-electron chi connectivity index (χ0n) is 9.62. The van der Waals surface area contributed by atoms with Crippen LogP contribution >= 0.6 is 15.9 Å². The minimum Gasteiger partial charge on any atom is -0.496 e. The van der Waals surface area contributed by atoms with Crippen molar-refractivity contribution in [1.29, 1.82) is 5.41 Å². The SMILES string of the molecule is COc1cc(Br)ccc1C(=N)N(N)C(C)C. The maximum atomic E-state index is 7.99. The lowest BCUT2D eigenvalue weighted by atomic mass is 10.1. The van der Waals surface area contributed by atoms with Crippen LogP contribution in [0.4, 0.5) is 0 Å². The molecule has 4 nitrogen and oxygen atoms in total. The minimum absolute atomic E-state index is 0.0702. The van der Waals surface area contributed by atoms with Gasteiger partial charge in [-0.25, -0.2) is 5.84 Å². The molecule has 1 rings (SSSR count). The Kier molecular flexibility index (Phi) is 4.32. The van der Waals surface area contributed by atoms with Gasteiger partial charge in [0, 0.05) is 10.5 Å². The maximum absolute atomic E-state index is 7.99. The molecule has 1 aromatic rings. The monoisotopic (exact) mass is 285 g/mol. The summed E-state index contributed by atoms with van der Waals surface area (Å²) >= 11 is 3.36. The summed E-state index contributed by atoms with van der Waals surface area (Å²) in [6.07, 6.45) is 0. The maximum Gasteiger partial charge on any atom is 0.146 e. The van der Waals surface area contributed by atoms with Crippen LogP contribution in [0.5, 0.6) is 5.75 Å². The molecule has 0 atom stereocenters. The molecule has 1 aromatic carbocycles. The van der Waals surface area contributed by atoms with Crippen molar-refractivity contribution >= 4 is 21.8 Å². The second-order valence-corrected chi connectivity index (χ2v) is 4.61. The van der Waals surface area contributed by atoms with E-state index in [4.69, 9.17) is 16.0 Å². The number of amidine groups is 1. The Hall–Kier alpha value is -1.07. The Labute approximate surface area is 104 Å². The molecule has 0 fully saturated rings. The normalized spacial score (nSPS) is 10.4. The van der Waals surface area contributed by atoms with Crippen LogP contribution in [0, 0.1) is 5.41 Å². The summed E-state index contributed by atoms with van der Waals surface area (Å²) in [5.41, 5.74) is 0.682. The van der Waals surface area contributed by atoms with Crippen LogP contribution in [-0.2, 0) is 0 Å². The average Bonchev–Trinajstić information content (AvgIpc) is 2.26. The molecular formula is C11H16BrN3O. The van der Waals surface area contributed by atoms with E-state index in [1.165, 1.54) is 5.01 Å². The van der Waals surface area contributed by atoms with Gasteiger partial charge in [0.05, 0.1) is 12.7 Å². The molecule has 0 radical (unpaired) electrons. The Morgan fingerprint density at radius 1 is 1.50 bits per heavy atom. The first-order valence-corrected chi connectivity index (χ1v) is 5.73. The fraction of sp³-hybridized carbons (Fsp3) is 0.364. The zero-order chi connectivity index (χ0) is 12.3. The summed E-state index contributed by atoms with van der Waals surface area (Å²) in [5.74, 6) is 6.68. The lowest BCUT2D eigenvalue weighted by Gasteiger charge is -2.24. The number of nitrogens with zero attached hydrogens (tertiary/aromatic N) is 1. The highest BCUT2D eigenvalue weighted by molar-refractivity contribution is 9.10. The molecule has 0 saturated heterocycles. The second-order valence-electron chi connectivity index (χ2n) is 3.69. The first kappa shape index (κ1) is 13.0. The van der Waals surface area contributed by atoms with Crippen molar-refractivity contribution in [3.8, 4) is 5.75 Å². The molecule has 16 heavy (non-hydrogen) atoms. The third-order valence-corrected chi connectivity index (χ3v) is 2.73. The van der Waals surface area contributed by atoms with Crippen LogP contribution < -0.4 is 10.6 Å². The number of benzene rings is 1. The van der Waals surface area contributed by atoms with Crippen LogP contribution in [0.25, 0.3) is 0 Å². The highest BCUT2D eigenvalue weighted by atomic mass is 79.9. The number of ether oxygens (including phenoxy) is 1. The predicted molar refractivity (Wildman–Crippen MR) is 68.7 cm³/mol. The molecule has 0 aliphatic heterocycles. The first-order valence-electron chi connectivity index (χ1n) is 4.93. The van der Waals surface area contributed by atoms with Gasteiger partial charge in [0.2, 0.25) is 0 Å². The minimum atomic E-state index is 0.0702. The molecule has 0 saturated carbocycles. The fourth-order valence-electron chi connectivity index (χ4n) is 1.26. The fourth-order valence-corrected chi connectivity index (χ4v) is 1.60. The molecule has 0 aromatic heterocycles. The molecule has 88 valence electrons. The Morgan fingerprint density at radius 3 is 2.62 bits per heavy atom. The lowest BCUT2D eigenvalue weighted by Crippen LogP contribution is -2.42. The van der Waals surface area contributed by atoms with Crippen LogP contribution in [0.2, 0.25) is 0 Å². The number of hydrogen-bond donors (Lipinski definition) is 2. The van der Waals surface area contributed by atoms with Crippen molar-refractivity contribution in [2.45, 2.75) is 19.9 Å². The Bertz CT molecular complexity index is 393. The number of rotatable bonds is 3. The Morgan fingerprint density at radius 2 is 2.12 bits per heavy atom. The van der Waals surface area contributed by atoms with Gasteiger partial charge in [-0.3, -0.25) is 10.4 Å². The molecule has 5 heteroatoms. The Balaban J connectivity index is 3.08. The first-order chi connectivity index (χ1) is 7.47. The number of hydrogen-bond acceptors (Lipinski definition) is 3. The second kappa shape index (κ2) is 5.32. The number of nitrogens with two attached hydrogens (primary N) is 1. The van der Waals surface area contributed by atoms with Crippen molar-refractivity contribution in [3.63, 3.8) is 0 Å². The highest BCUT2D eigenvalue weighted by Crippen LogP contribution is 2.24. The molecule has 0 heterocycles. The average molecular weight is 286 g/mol. The molecule has 0 bridgehead atoms. The number of methoxy groups -OCH3 is 1. The summed E-state index contributed by atoms with van der Waals surface area (Å²) in [5, 5.41) is 9.39. The third-order valence-electron chi connectivity index (χ3n) is 2.23. The van der Waals surface area contributed by atoms with E-state index in [2.05, 4.69) is 15.9 Å². The van der Waals surface area contributed by atoms with Crippen molar-refractivity contribution < 1.29 is 4.74 Å². The van der Waals surface area contributed by atoms with Gasteiger partial charge in [0.1, 0.15) is 11.6 Å². The van der Waals surface area contributed by atoms with Gasteiger partial charge < -0.3 is 4.74 Å². The van der Waals surface area contributed by atoms with E-state index < -0.39 is 0 Å². The van der Waals surface area contributed by atoms with E-state index in [0.717, 1.165) is 4.47 Å². The van der Waals surface area contributed by atoms with Gasteiger partial charge in [-0.15, -0.1) is 0 Å². The lowest BCUT2D eigenvalue weighted by molar-refractivity contribution is 0.358. The molecule has 3 N–H and O–H groups in total. The molecule has 0 amide bonds. The van der Waals surface area contributed by atoms with E-state index in [0.29, 0.717) is 11.3 Å². The van der Waals surface area contributed by atoms with E-state index >= 15 is 0 Å². The van der Waals surface area contributed by atoms with Crippen LogP contribution in [0.15, 0.2) is 22.7 Å². The number of nitrogens with one attached hydrogen (secondary N) is 1. The summed E-state index contributed by atoms with van der Waals surface area (Å²) in [4.78, 5) is 0.